The fourth-order valence-corrected chi connectivity index (χ4v) is 2.42. The summed E-state index contributed by atoms with van der Waals surface area (Å²) in [5.41, 5.74) is 2.67. The molecule has 1 unspecified atom stereocenters. The van der Waals surface area contributed by atoms with E-state index >= 15 is 0 Å². The van der Waals surface area contributed by atoms with Crippen LogP contribution in [-0.4, -0.2) is 0 Å². The third-order valence-electron chi connectivity index (χ3n) is 1.68. The number of benzene rings is 1. The molecule has 0 aliphatic rings. The Morgan fingerprint density at radius 2 is 2.08 bits per heavy atom. The second-order valence-electron chi connectivity index (χ2n) is 2.59. The maximum absolute atomic E-state index is 3.56. The van der Waals surface area contributed by atoms with Crippen molar-refractivity contribution < 1.29 is 0 Å². The second-order valence-corrected chi connectivity index (χ2v) is 5.44. The number of rotatable bonds is 2. The molecule has 0 aliphatic heterocycles. The van der Waals surface area contributed by atoms with Crippen LogP contribution in [0.3, 0.4) is 0 Å². The molecular weight excluding hydrogens is 348 g/mol. The van der Waals surface area contributed by atoms with Crippen molar-refractivity contribution >= 4 is 47.8 Å². The summed E-state index contributed by atoms with van der Waals surface area (Å²) in [6.45, 7) is 2.13. The summed E-state index contributed by atoms with van der Waals surface area (Å²) < 4.78 is 1.13. The minimum atomic E-state index is 0.415. The molecule has 1 atom stereocenters. The Labute approximate surface area is 98.1 Å². The lowest BCUT2D eigenvalue weighted by Gasteiger charge is -2.09. The molecule has 0 nitrogen and oxygen atoms in total. The normalized spacial score (nSPS) is 13.0. The van der Waals surface area contributed by atoms with Gasteiger partial charge in [-0.2, -0.15) is 0 Å². The van der Waals surface area contributed by atoms with E-state index in [0.717, 1.165) is 9.80 Å². The van der Waals surface area contributed by atoms with Crippen LogP contribution in [0.2, 0.25) is 0 Å². The van der Waals surface area contributed by atoms with E-state index in [-0.39, 0.29) is 0 Å². The zero-order chi connectivity index (χ0) is 9.14. The van der Waals surface area contributed by atoms with Gasteiger partial charge in [-0.3, -0.25) is 0 Å². The molecule has 0 N–H and O–H groups in total. The Kier molecular flexibility index (Phi) is 4.27. The molecule has 3 heteroatoms. The molecule has 0 heterocycles. The van der Waals surface area contributed by atoms with Gasteiger partial charge in [0.05, 0.1) is 0 Å². The third-order valence-corrected chi connectivity index (χ3v) is 3.27. The first-order valence-corrected chi connectivity index (χ1v) is 6.46. The highest BCUT2D eigenvalue weighted by Crippen LogP contribution is 2.28. The molecule has 0 saturated carbocycles. The largest absolute Gasteiger partial charge is 0.0876 e. The van der Waals surface area contributed by atoms with Gasteiger partial charge >= 0.3 is 0 Å². The quantitative estimate of drug-likeness (QED) is 0.668. The molecule has 0 aromatic heterocycles. The Hall–Kier alpha value is 0.660. The first-order chi connectivity index (χ1) is 5.65. The summed E-state index contributed by atoms with van der Waals surface area (Å²) in [7, 11) is 0. The van der Waals surface area contributed by atoms with Crippen LogP contribution in [0, 0.1) is 0 Å². The lowest BCUT2D eigenvalue weighted by Crippen LogP contribution is -1.91. The number of hydrogen-bond donors (Lipinski definition) is 0. The summed E-state index contributed by atoms with van der Waals surface area (Å²) >= 11 is 10.5. The van der Waals surface area contributed by atoms with Crippen LogP contribution < -0.4 is 0 Å². The molecule has 0 aliphatic carbocycles. The second kappa shape index (κ2) is 4.77. The zero-order valence-electron chi connectivity index (χ0n) is 6.65. The van der Waals surface area contributed by atoms with E-state index in [1.807, 2.05) is 0 Å². The molecule has 0 amide bonds. The van der Waals surface area contributed by atoms with Crippen molar-refractivity contribution in [2.75, 3.05) is 0 Å². The molecule has 1 rings (SSSR count). The van der Waals surface area contributed by atoms with E-state index < -0.39 is 0 Å². The highest BCUT2D eigenvalue weighted by molar-refractivity contribution is 9.10. The fourth-order valence-electron chi connectivity index (χ4n) is 1.08. The van der Waals surface area contributed by atoms with E-state index in [9.17, 15) is 0 Å². The maximum atomic E-state index is 3.56. The van der Waals surface area contributed by atoms with Crippen LogP contribution >= 0.6 is 47.8 Å². The van der Waals surface area contributed by atoms with Gasteiger partial charge in [0.1, 0.15) is 0 Å². The summed E-state index contributed by atoms with van der Waals surface area (Å²) in [6, 6.07) is 6.35. The van der Waals surface area contributed by atoms with E-state index in [0.29, 0.717) is 4.83 Å². The smallest absolute Gasteiger partial charge is 0.0370 e. The van der Waals surface area contributed by atoms with Crippen LogP contribution in [0.5, 0.6) is 0 Å². The van der Waals surface area contributed by atoms with Crippen LogP contribution in [0.25, 0.3) is 0 Å². The van der Waals surface area contributed by atoms with Crippen molar-refractivity contribution in [2.45, 2.75) is 17.1 Å². The van der Waals surface area contributed by atoms with Crippen molar-refractivity contribution in [1.82, 2.24) is 0 Å². The van der Waals surface area contributed by atoms with Crippen molar-refractivity contribution in [3.63, 3.8) is 0 Å². The molecule has 12 heavy (non-hydrogen) atoms. The van der Waals surface area contributed by atoms with Gasteiger partial charge in [-0.05, 0) is 30.2 Å². The monoisotopic (exact) mass is 354 g/mol. The molecule has 66 valence electrons. The van der Waals surface area contributed by atoms with Crippen LogP contribution in [-0.2, 0) is 5.33 Å². The van der Waals surface area contributed by atoms with Gasteiger partial charge in [-0.15, -0.1) is 0 Å². The van der Waals surface area contributed by atoms with Crippen LogP contribution in [0.1, 0.15) is 22.9 Å². The van der Waals surface area contributed by atoms with Gasteiger partial charge < -0.3 is 0 Å². The minimum Gasteiger partial charge on any atom is -0.0876 e. The average Bonchev–Trinajstić information content (AvgIpc) is 2.03. The summed E-state index contributed by atoms with van der Waals surface area (Å²) in [4.78, 5) is 0.415. The molecule has 1 aromatic carbocycles. The summed E-state index contributed by atoms with van der Waals surface area (Å²) in [6.07, 6.45) is 0. The van der Waals surface area contributed by atoms with Gasteiger partial charge in [0, 0.05) is 14.6 Å². The maximum Gasteiger partial charge on any atom is 0.0370 e. The highest BCUT2D eigenvalue weighted by atomic mass is 79.9. The predicted octanol–water partition coefficient (Wildman–Crippen LogP) is 4.80. The SMILES string of the molecule is CC(Br)c1ccc(Br)cc1CBr. The van der Waals surface area contributed by atoms with Crippen LogP contribution in [0.4, 0.5) is 0 Å². The van der Waals surface area contributed by atoms with Crippen molar-refractivity contribution in [3.05, 3.63) is 33.8 Å². The number of hydrogen-bond acceptors (Lipinski definition) is 0. The zero-order valence-corrected chi connectivity index (χ0v) is 11.4. The average molecular weight is 357 g/mol. The standard InChI is InChI=1S/C9H9Br3/c1-6(11)9-3-2-8(12)4-7(9)5-10/h2-4,6H,5H2,1H3. The molecule has 0 fully saturated rings. The van der Waals surface area contributed by atoms with Crippen molar-refractivity contribution in [3.8, 4) is 0 Å². The van der Waals surface area contributed by atoms with Crippen LogP contribution in [0.15, 0.2) is 22.7 Å². The highest BCUT2D eigenvalue weighted by Gasteiger charge is 2.06. The molecule has 1 aromatic rings. The molecular formula is C9H9Br3. The van der Waals surface area contributed by atoms with E-state index in [1.165, 1.54) is 11.1 Å². The topological polar surface area (TPSA) is 0 Å². The summed E-state index contributed by atoms with van der Waals surface area (Å²) in [5, 5.41) is 0.901. The predicted molar refractivity (Wildman–Crippen MR) is 64.1 cm³/mol. The lowest BCUT2D eigenvalue weighted by molar-refractivity contribution is 1.09. The molecule has 0 bridgehead atoms. The minimum absolute atomic E-state index is 0.415. The van der Waals surface area contributed by atoms with Gasteiger partial charge in [0.25, 0.3) is 0 Å². The Bertz CT molecular complexity index is 268. The van der Waals surface area contributed by atoms with Gasteiger partial charge in [0.15, 0.2) is 0 Å². The third kappa shape index (κ3) is 2.57. The fraction of sp³-hybridized carbons (Fsp3) is 0.333. The number of alkyl halides is 2. The van der Waals surface area contributed by atoms with Gasteiger partial charge in [-0.25, -0.2) is 0 Å². The van der Waals surface area contributed by atoms with E-state index in [4.69, 9.17) is 0 Å². The van der Waals surface area contributed by atoms with E-state index in [1.54, 1.807) is 0 Å². The number of halogens is 3. The first kappa shape index (κ1) is 10.7. The molecule has 0 saturated heterocycles. The first-order valence-electron chi connectivity index (χ1n) is 3.63. The molecule has 0 radical (unpaired) electrons. The van der Waals surface area contributed by atoms with Gasteiger partial charge in [-0.1, -0.05) is 53.9 Å². The summed E-state index contributed by atoms with van der Waals surface area (Å²) in [5.74, 6) is 0. The Morgan fingerprint density at radius 3 is 2.58 bits per heavy atom. The molecule has 0 spiro atoms. The van der Waals surface area contributed by atoms with Crippen molar-refractivity contribution in [1.29, 1.82) is 0 Å². The Balaban J connectivity index is 3.11. The van der Waals surface area contributed by atoms with Gasteiger partial charge in [0.2, 0.25) is 0 Å². The van der Waals surface area contributed by atoms with Crippen molar-refractivity contribution in [2.24, 2.45) is 0 Å². The Morgan fingerprint density at radius 1 is 1.42 bits per heavy atom. The lowest BCUT2D eigenvalue weighted by atomic mass is 10.1. The van der Waals surface area contributed by atoms with E-state index in [2.05, 4.69) is 72.9 Å².